The quantitative estimate of drug-likeness (QED) is 0.446. The van der Waals surface area contributed by atoms with Crippen LogP contribution < -0.4 is 10.0 Å². The molecule has 1 amide bonds. The number of hydrogen-bond donors (Lipinski definition) is 3. The van der Waals surface area contributed by atoms with E-state index in [0.29, 0.717) is 25.3 Å². The fraction of sp³-hybridized carbons (Fsp3) is 0.292. The summed E-state index contributed by atoms with van der Waals surface area (Å²) in [6.07, 6.45) is -0.693. The molecular weight excluding hydrogens is 490 g/mol. The van der Waals surface area contributed by atoms with Gasteiger partial charge in [-0.2, -0.15) is 0 Å². The summed E-state index contributed by atoms with van der Waals surface area (Å²) in [5.74, 6) is -0.533. The second-order valence-electron chi connectivity index (χ2n) is 8.41. The predicted molar refractivity (Wildman–Crippen MR) is 134 cm³/mol. The zero-order chi connectivity index (χ0) is 25.2. The van der Waals surface area contributed by atoms with E-state index in [9.17, 15) is 18.3 Å². The highest BCUT2D eigenvalue weighted by molar-refractivity contribution is 7.92. The van der Waals surface area contributed by atoms with Crippen LogP contribution in [0, 0.1) is 13.8 Å². The Morgan fingerprint density at radius 3 is 2.60 bits per heavy atom. The Labute approximate surface area is 209 Å². The van der Waals surface area contributed by atoms with Crippen molar-refractivity contribution in [1.29, 1.82) is 0 Å². The Balaban J connectivity index is 1.62. The van der Waals surface area contributed by atoms with Crippen molar-refractivity contribution in [2.45, 2.75) is 24.8 Å². The van der Waals surface area contributed by atoms with Crippen molar-refractivity contribution in [3.63, 3.8) is 0 Å². The molecule has 0 bridgehead atoms. The Hall–Kier alpha value is -3.05. The average Bonchev–Trinajstić information content (AvgIpc) is 3.02. The molecule has 0 spiro atoms. The number of aromatic nitrogens is 2. The van der Waals surface area contributed by atoms with Crippen LogP contribution in [-0.2, 0) is 10.0 Å². The lowest BCUT2D eigenvalue weighted by Crippen LogP contribution is -2.37. The molecule has 184 valence electrons. The number of hydrogen-bond acceptors (Lipinski definition) is 7. The molecule has 1 aliphatic heterocycles. The number of nitrogens with zero attached hydrogens (tertiary/aromatic N) is 3. The molecule has 4 rings (SSSR count). The standard InChI is InChI=1S/C24H26ClN5O4S/c1-15-5-3-6-16(2)22(15)20-12-21(25)28-24(27-20)29-35(33,34)19-8-4-7-17(11-19)23(32)30-10-9-26-13-18(31)14-30/h3-8,11-12,18,26,31H,9-10,13-14H2,1-2H3,(H,27,28,29). The molecule has 0 radical (unpaired) electrons. The summed E-state index contributed by atoms with van der Waals surface area (Å²) in [4.78, 5) is 22.8. The maximum atomic E-state index is 13.1. The molecule has 9 nitrogen and oxygen atoms in total. The number of amides is 1. The molecule has 1 unspecified atom stereocenters. The second-order valence-corrected chi connectivity index (χ2v) is 10.5. The normalized spacial score (nSPS) is 16.6. The van der Waals surface area contributed by atoms with E-state index >= 15 is 0 Å². The van der Waals surface area contributed by atoms with Crippen LogP contribution in [0.4, 0.5) is 5.95 Å². The van der Waals surface area contributed by atoms with Crippen LogP contribution in [0.2, 0.25) is 5.15 Å². The van der Waals surface area contributed by atoms with Gasteiger partial charge in [0.25, 0.3) is 15.9 Å². The van der Waals surface area contributed by atoms with Gasteiger partial charge in [0.15, 0.2) is 0 Å². The minimum absolute atomic E-state index is 0.0904. The van der Waals surface area contributed by atoms with E-state index in [4.69, 9.17) is 11.6 Å². The van der Waals surface area contributed by atoms with Gasteiger partial charge in [-0.3, -0.25) is 4.79 Å². The van der Waals surface area contributed by atoms with E-state index in [-0.39, 0.29) is 34.0 Å². The van der Waals surface area contributed by atoms with Crippen molar-refractivity contribution in [1.82, 2.24) is 20.2 Å². The van der Waals surface area contributed by atoms with Gasteiger partial charge in [0.05, 0.1) is 16.7 Å². The minimum Gasteiger partial charge on any atom is -0.390 e. The Kier molecular flexibility index (Phi) is 7.36. The maximum absolute atomic E-state index is 13.1. The third-order valence-corrected chi connectivity index (χ3v) is 7.23. The molecule has 1 aromatic heterocycles. The van der Waals surface area contributed by atoms with Gasteiger partial charge in [0, 0.05) is 43.4 Å². The van der Waals surface area contributed by atoms with Crippen LogP contribution in [0.5, 0.6) is 0 Å². The van der Waals surface area contributed by atoms with Crippen LogP contribution in [-0.4, -0.2) is 66.6 Å². The highest BCUT2D eigenvalue weighted by Gasteiger charge is 2.24. The predicted octanol–water partition coefficient (Wildman–Crippen LogP) is 2.62. The molecule has 1 atom stereocenters. The first-order chi connectivity index (χ1) is 16.6. The summed E-state index contributed by atoms with van der Waals surface area (Å²) in [5, 5.41) is 13.1. The molecule has 3 N–H and O–H groups in total. The number of carbonyl (C=O) groups is 1. The highest BCUT2D eigenvalue weighted by Crippen LogP contribution is 2.28. The van der Waals surface area contributed by atoms with E-state index < -0.39 is 16.1 Å². The Morgan fingerprint density at radius 2 is 1.86 bits per heavy atom. The highest BCUT2D eigenvalue weighted by atomic mass is 35.5. The largest absolute Gasteiger partial charge is 0.390 e. The first-order valence-electron chi connectivity index (χ1n) is 11.1. The smallest absolute Gasteiger partial charge is 0.264 e. The number of aryl methyl sites for hydroxylation is 2. The lowest BCUT2D eigenvalue weighted by Gasteiger charge is -2.22. The molecule has 1 saturated heterocycles. The van der Waals surface area contributed by atoms with Crippen LogP contribution in [0.3, 0.4) is 0 Å². The topological polar surface area (TPSA) is 125 Å². The van der Waals surface area contributed by atoms with Crippen molar-refractivity contribution in [2.75, 3.05) is 30.9 Å². The van der Waals surface area contributed by atoms with Crippen molar-refractivity contribution < 1.29 is 18.3 Å². The number of nitrogens with one attached hydrogen (secondary N) is 2. The van der Waals surface area contributed by atoms with Gasteiger partial charge in [-0.15, -0.1) is 0 Å². The fourth-order valence-electron chi connectivity index (χ4n) is 4.05. The fourth-order valence-corrected chi connectivity index (χ4v) is 5.22. The van der Waals surface area contributed by atoms with Crippen molar-refractivity contribution in [3.8, 4) is 11.3 Å². The van der Waals surface area contributed by atoms with E-state index in [0.717, 1.165) is 16.7 Å². The molecular formula is C24H26ClN5O4S. The number of aliphatic hydroxyl groups excluding tert-OH is 1. The third-order valence-electron chi connectivity index (χ3n) is 5.71. The summed E-state index contributed by atoms with van der Waals surface area (Å²) in [6.45, 7) is 5.37. The number of anilines is 1. The summed E-state index contributed by atoms with van der Waals surface area (Å²) in [5.41, 5.74) is 3.47. The zero-order valence-electron chi connectivity index (χ0n) is 19.3. The number of aliphatic hydroxyl groups is 1. The number of rotatable bonds is 5. The first-order valence-corrected chi connectivity index (χ1v) is 12.9. The van der Waals surface area contributed by atoms with Crippen molar-refractivity contribution in [2.24, 2.45) is 0 Å². The summed E-state index contributed by atoms with van der Waals surface area (Å²) >= 11 is 6.20. The SMILES string of the molecule is Cc1cccc(C)c1-c1cc(Cl)nc(NS(=O)(=O)c2cccc(C(=O)N3CCNCC(O)C3)c2)n1. The number of halogens is 1. The van der Waals surface area contributed by atoms with Crippen molar-refractivity contribution >= 4 is 33.5 Å². The summed E-state index contributed by atoms with van der Waals surface area (Å²) in [7, 11) is -4.12. The van der Waals surface area contributed by atoms with Gasteiger partial charge in [0.2, 0.25) is 5.95 Å². The molecule has 11 heteroatoms. The number of carbonyl (C=O) groups excluding carboxylic acids is 1. The molecule has 2 aromatic carbocycles. The molecule has 1 aliphatic rings. The third kappa shape index (κ3) is 5.79. The van der Waals surface area contributed by atoms with Gasteiger partial charge in [0.1, 0.15) is 5.15 Å². The van der Waals surface area contributed by atoms with Gasteiger partial charge in [-0.05, 0) is 43.2 Å². The van der Waals surface area contributed by atoms with Gasteiger partial charge in [-0.1, -0.05) is 35.9 Å². The van der Waals surface area contributed by atoms with Crippen LogP contribution in [0.15, 0.2) is 53.4 Å². The molecule has 3 aromatic rings. The van der Waals surface area contributed by atoms with Crippen molar-refractivity contribution in [3.05, 3.63) is 70.4 Å². The number of sulfonamides is 1. The second kappa shape index (κ2) is 10.3. The minimum atomic E-state index is -4.12. The molecule has 0 saturated carbocycles. The van der Waals surface area contributed by atoms with Crippen LogP contribution in [0.25, 0.3) is 11.3 Å². The van der Waals surface area contributed by atoms with E-state index in [1.54, 1.807) is 12.1 Å². The van der Waals surface area contributed by atoms with Gasteiger partial charge < -0.3 is 15.3 Å². The molecule has 1 fully saturated rings. The van der Waals surface area contributed by atoms with Gasteiger partial charge in [-0.25, -0.2) is 23.1 Å². The van der Waals surface area contributed by atoms with Gasteiger partial charge >= 0.3 is 0 Å². The summed E-state index contributed by atoms with van der Waals surface area (Å²) in [6, 6.07) is 13.1. The van der Waals surface area contributed by atoms with E-state index in [1.807, 2.05) is 32.0 Å². The molecule has 0 aliphatic carbocycles. The lowest BCUT2D eigenvalue weighted by atomic mass is 10.00. The lowest BCUT2D eigenvalue weighted by molar-refractivity contribution is 0.0673. The van der Waals surface area contributed by atoms with E-state index in [1.165, 1.54) is 23.1 Å². The Morgan fingerprint density at radius 1 is 1.14 bits per heavy atom. The first kappa shape index (κ1) is 25.1. The molecule has 2 heterocycles. The number of β-amino-alcohol motifs (C(OH)–C–C–N with tert-alkyl or cyclic N) is 1. The monoisotopic (exact) mass is 515 g/mol. The molecule has 35 heavy (non-hydrogen) atoms. The average molecular weight is 516 g/mol. The maximum Gasteiger partial charge on any atom is 0.264 e. The van der Waals surface area contributed by atoms with Crippen LogP contribution in [0.1, 0.15) is 21.5 Å². The van der Waals surface area contributed by atoms with Crippen LogP contribution >= 0.6 is 11.6 Å². The summed E-state index contributed by atoms with van der Waals surface area (Å²) < 4.78 is 28.7. The Bertz CT molecular complexity index is 1350. The van der Waals surface area contributed by atoms with E-state index in [2.05, 4.69) is 20.0 Å². The number of benzene rings is 2. The zero-order valence-corrected chi connectivity index (χ0v) is 20.9.